The minimum absolute atomic E-state index is 0.127. The van der Waals surface area contributed by atoms with E-state index in [1.807, 2.05) is 42.5 Å². The lowest BCUT2D eigenvalue weighted by molar-refractivity contribution is -0.131. The van der Waals surface area contributed by atoms with Gasteiger partial charge in [0.25, 0.3) is 5.91 Å². The Bertz CT molecular complexity index is 727. The van der Waals surface area contributed by atoms with Crippen LogP contribution in [0.5, 0.6) is 5.75 Å². The number of nitrogens with zero attached hydrogens (tertiary/aromatic N) is 1. The zero-order chi connectivity index (χ0) is 17.4. The summed E-state index contributed by atoms with van der Waals surface area (Å²) in [6.45, 7) is 3.65. The van der Waals surface area contributed by atoms with E-state index in [0.29, 0.717) is 12.0 Å². The molecule has 0 heterocycles. The molecule has 24 heavy (non-hydrogen) atoms. The number of hydrogen-bond donors (Lipinski definition) is 2. The average molecular weight is 324 g/mol. The van der Waals surface area contributed by atoms with E-state index in [2.05, 4.69) is 17.1 Å². The van der Waals surface area contributed by atoms with E-state index in [1.165, 1.54) is 13.3 Å². The van der Waals surface area contributed by atoms with Crippen LogP contribution in [-0.2, 0) is 16.0 Å². The number of aromatic hydroxyl groups is 1. The predicted molar refractivity (Wildman–Crippen MR) is 93.9 cm³/mol. The van der Waals surface area contributed by atoms with E-state index in [-0.39, 0.29) is 11.7 Å². The van der Waals surface area contributed by atoms with Crippen LogP contribution in [0.1, 0.15) is 22.8 Å². The molecule has 0 spiro atoms. The fourth-order valence-electron chi connectivity index (χ4n) is 2.28. The maximum Gasteiger partial charge on any atom is 0.273 e. The highest BCUT2D eigenvalue weighted by Crippen LogP contribution is 2.21. The van der Waals surface area contributed by atoms with E-state index in [1.54, 1.807) is 12.1 Å². The number of carbonyl (C=O) groups is 1. The topological polar surface area (TPSA) is 70.9 Å². The monoisotopic (exact) mass is 324 g/mol. The van der Waals surface area contributed by atoms with Gasteiger partial charge in [-0.2, -0.15) is 5.10 Å². The number of hydrazone groups is 1. The highest BCUT2D eigenvalue weighted by Gasteiger charge is 2.19. The first-order valence-corrected chi connectivity index (χ1v) is 7.49. The Kier molecular flexibility index (Phi) is 6.28. The summed E-state index contributed by atoms with van der Waals surface area (Å²) in [5, 5.41) is 14.0. The maximum absolute atomic E-state index is 12.2. The number of amides is 1. The van der Waals surface area contributed by atoms with Gasteiger partial charge in [-0.05, 0) is 23.6 Å². The van der Waals surface area contributed by atoms with Crippen molar-refractivity contribution in [3.05, 3.63) is 77.9 Å². The predicted octanol–water partition coefficient (Wildman–Crippen LogP) is 2.96. The third-order valence-electron chi connectivity index (χ3n) is 3.47. The fourth-order valence-corrected chi connectivity index (χ4v) is 2.28. The number of allylic oxidation sites excluding steroid dienone is 1. The first kappa shape index (κ1) is 17.4. The Labute approximate surface area is 141 Å². The van der Waals surface area contributed by atoms with Crippen molar-refractivity contribution in [2.45, 2.75) is 12.5 Å². The summed E-state index contributed by atoms with van der Waals surface area (Å²) in [6, 6.07) is 14.5. The van der Waals surface area contributed by atoms with E-state index >= 15 is 0 Å². The molecule has 0 saturated heterocycles. The van der Waals surface area contributed by atoms with Crippen molar-refractivity contribution in [2.24, 2.45) is 5.10 Å². The number of phenols is 1. The molecule has 0 bridgehead atoms. The second kappa shape index (κ2) is 8.64. The van der Waals surface area contributed by atoms with Gasteiger partial charge >= 0.3 is 0 Å². The molecule has 1 atom stereocenters. The molecule has 0 aliphatic rings. The number of benzene rings is 2. The van der Waals surface area contributed by atoms with E-state index in [4.69, 9.17) is 4.74 Å². The molecule has 5 heteroatoms. The molecule has 1 amide bonds. The molecule has 0 radical (unpaired) electrons. The van der Waals surface area contributed by atoms with E-state index < -0.39 is 6.10 Å². The van der Waals surface area contributed by atoms with Crippen molar-refractivity contribution in [3.8, 4) is 5.75 Å². The summed E-state index contributed by atoms with van der Waals surface area (Å²) in [5.74, 6) is -0.261. The Morgan fingerprint density at radius 3 is 2.71 bits per heavy atom. The zero-order valence-corrected chi connectivity index (χ0v) is 13.5. The van der Waals surface area contributed by atoms with Gasteiger partial charge in [-0.3, -0.25) is 4.79 Å². The molecule has 2 aromatic rings. The van der Waals surface area contributed by atoms with Gasteiger partial charge in [-0.15, -0.1) is 6.58 Å². The van der Waals surface area contributed by atoms with Gasteiger partial charge in [0.2, 0.25) is 0 Å². The van der Waals surface area contributed by atoms with Gasteiger partial charge in [0.15, 0.2) is 6.10 Å². The molecule has 2 rings (SSSR count). The third kappa shape index (κ3) is 4.30. The summed E-state index contributed by atoms with van der Waals surface area (Å²) >= 11 is 0. The minimum atomic E-state index is -0.746. The number of para-hydroxylation sites is 1. The molecular formula is C19H20N2O3. The molecule has 0 aromatic heterocycles. The lowest BCUT2D eigenvalue weighted by Crippen LogP contribution is -2.26. The number of phenolic OH excluding ortho intramolecular Hbond substituents is 1. The van der Waals surface area contributed by atoms with Gasteiger partial charge in [0, 0.05) is 12.7 Å². The van der Waals surface area contributed by atoms with Crippen LogP contribution in [0.2, 0.25) is 0 Å². The quantitative estimate of drug-likeness (QED) is 0.467. The molecule has 0 saturated carbocycles. The van der Waals surface area contributed by atoms with E-state index in [0.717, 1.165) is 11.1 Å². The Hall–Kier alpha value is -2.92. The smallest absolute Gasteiger partial charge is 0.273 e. The van der Waals surface area contributed by atoms with Crippen LogP contribution >= 0.6 is 0 Å². The highest BCUT2D eigenvalue weighted by atomic mass is 16.5. The van der Waals surface area contributed by atoms with Gasteiger partial charge in [0.05, 0.1) is 6.21 Å². The van der Waals surface area contributed by atoms with Crippen molar-refractivity contribution in [3.63, 3.8) is 0 Å². The maximum atomic E-state index is 12.2. The number of hydrogen-bond acceptors (Lipinski definition) is 4. The molecule has 2 N–H and O–H groups in total. The average Bonchev–Trinajstić information content (AvgIpc) is 2.60. The summed E-state index contributed by atoms with van der Waals surface area (Å²) in [7, 11) is 1.46. The molecule has 5 nitrogen and oxygen atoms in total. The number of carbonyl (C=O) groups excluding carboxylic acids is 1. The van der Waals surface area contributed by atoms with Gasteiger partial charge in [-0.25, -0.2) is 5.43 Å². The Morgan fingerprint density at radius 1 is 1.29 bits per heavy atom. The SMILES string of the molecule is C=CCc1cccc(/C=N\NC(=O)[C@@H](OC)c2ccccc2)c1O. The fraction of sp³-hybridized carbons (Fsp3) is 0.158. The van der Waals surface area contributed by atoms with Crippen LogP contribution in [0.3, 0.4) is 0 Å². The summed E-state index contributed by atoms with van der Waals surface area (Å²) in [6.07, 6.45) is 2.92. The van der Waals surface area contributed by atoms with Crippen LogP contribution < -0.4 is 5.43 Å². The van der Waals surface area contributed by atoms with Crippen LogP contribution in [0.15, 0.2) is 66.3 Å². The van der Waals surface area contributed by atoms with Crippen LogP contribution in [-0.4, -0.2) is 24.3 Å². The molecule has 2 aromatic carbocycles. The van der Waals surface area contributed by atoms with Crippen molar-refractivity contribution in [2.75, 3.05) is 7.11 Å². The Morgan fingerprint density at radius 2 is 2.04 bits per heavy atom. The van der Waals surface area contributed by atoms with Crippen LogP contribution in [0, 0.1) is 0 Å². The van der Waals surface area contributed by atoms with Gasteiger partial charge in [0.1, 0.15) is 5.75 Å². The number of methoxy groups -OCH3 is 1. The van der Waals surface area contributed by atoms with Crippen LogP contribution in [0.25, 0.3) is 0 Å². The minimum Gasteiger partial charge on any atom is -0.507 e. The van der Waals surface area contributed by atoms with Crippen molar-refractivity contribution < 1.29 is 14.6 Å². The molecule has 0 aliphatic heterocycles. The first-order valence-electron chi connectivity index (χ1n) is 7.49. The standard InChI is InChI=1S/C19H20N2O3/c1-3-8-14-11-7-12-16(17(14)22)13-20-21-19(23)18(24-2)15-9-5-4-6-10-15/h3-7,9-13,18,22H,1,8H2,2H3,(H,21,23)/b20-13-/t18-/m0/s1. The lowest BCUT2D eigenvalue weighted by Gasteiger charge is -2.13. The zero-order valence-electron chi connectivity index (χ0n) is 13.5. The number of rotatable bonds is 7. The van der Waals surface area contributed by atoms with Gasteiger partial charge < -0.3 is 9.84 Å². The largest absolute Gasteiger partial charge is 0.507 e. The van der Waals surface area contributed by atoms with Crippen molar-refractivity contribution in [1.82, 2.24) is 5.43 Å². The summed E-state index contributed by atoms with van der Waals surface area (Å²) in [5.41, 5.74) is 4.44. The molecule has 0 fully saturated rings. The summed E-state index contributed by atoms with van der Waals surface area (Å²) < 4.78 is 5.23. The molecule has 0 unspecified atom stereocenters. The normalized spacial score (nSPS) is 12.0. The third-order valence-corrected chi connectivity index (χ3v) is 3.47. The van der Waals surface area contributed by atoms with Crippen LogP contribution in [0.4, 0.5) is 0 Å². The molecular weight excluding hydrogens is 304 g/mol. The highest BCUT2D eigenvalue weighted by molar-refractivity contribution is 5.87. The number of nitrogens with one attached hydrogen (secondary N) is 1. The number of ether oxygens (including phenoxy) is 1. The molecule has 124 valence electrons. The Balaban J connectivity index is 2.07. The first-order chi connectivity index (χ1) is 11.7. The lowest BCUT2D eigenvalue weighted by atomic mass is 10.1. The van der Waals surface area contributed by atoms with E-state index in [9.17, 15) is 9.90 Å². The van der Waals surface area contributed by atoms with Crippen molar-refractivity contribution in [1.29, 1.82) is 0 Å². The van der Waals surface area contributed by atoms with Gasteiger partial charge in [-0.1, -0.05) is 48.5 Å². The second-order valence-electron chi connectivity index (χ2n) is 5.11. The second-order valence-corrected chi connectivity index (χ2v) is 5.11. The van der Waals surface area contributed by atoms with Crippen molar-refractivity contribution >= 4 is 12.1 Å². The summed E-state index contributed by atoms with van der Waals surface area (Å²) in [4.78, 5) is 12.2. The molecule has 0 aliphatic carbocycles.